The molecule has 4 heteroatoms. The molecule has 0 aliphatic carbocycles. The molecule has 338 valence electrons. The summed E-state index contributed by atoms with van der Waals surface area (Å²) in [5.74, 6) is 0. The van der Waals surface area contributed by atoms with Gasteiger partial charge >= 0.3 is 0 Å². The maximum atomic E-state index is 2.46. The van der Waals surface area contributed by atoms with Crippen molar-refractivity contribution >= 4 is 109 Å². The van der Waals surface area contributed by atoms with E-state index in [0.717, 1.165) is 56.5 Å². The van der Waals surface area contributed by atoms with Gasteiger partial charge in [-0.1, -0.05) is 176 Å². The second-order valence-electron chi connectivity index (χ2n) is 18.5. The van der Waals surface area contributed by atoms with Gasteiger partial charge in [0.15, 0.2) is 0 Å². The number of nitrogens with zero attached hydrogens (tertiary/aromatic N) is 3. The molecule has 0 unspecified atom stereocenters. The lowest BCUT2D eigenvalue weighted by Gasteiger charge is -2.30. The van der Waals surface area contributed by atoms with E-state index < -0.39 is 0 Å². The van der Waals surface area contributed by atoms with Crippen molar-refractivity contribution in [2.24, 2.45) is 0 Å². The van der Waals surface area contributed by atoms with E-state index in [2.05, 4.69) is 287 Å². The smallest absolute Gasteiger partial charge is 0.0619 e. The van der Waals surface area contributed by atoms with Gasteiger partial charge in [-0.3, -0.25) is 0 Å². The highest BCUT2D eigenvalue weighted by molar-refractivity contribution is 7.26. The van der Waals surface area contributed by atoms with Crippen molar-refractivity contribution in [2.45, 2.75) is 0 Å². The molecule has 0 saturated heterocycles. The first-order valence-electron chi connectivity index (χ1n) is 24.6. The van der Waals surface area contributed by atoms with Crippen LogP contribution in [0.2, 0.25) is 0 Å². The molecule has 0 spiro atoms. The lowest BCUT2D eigenvalue weighted by molar-refractivity contribution is 1.18. The van der Waals surface area contributed by atoms with Crippen LogP contribution in [0.1, 0.15) is 0 Å². The van der Waals surface area contributed by atoms with Gasteiger partial charge in [-0.2, -0.15) is 0 Å². The summed E-state index contributed by atoms with van der Waals surface area (Å²) in [5.41, 5.74) is 14.6. The number of hydrogen-bond acceptors (Lipinski definition) is 3. The maximum absolute atomic E-state index is 2.46. The summed E-state index contributed by atoms with van der Waals surface area (Å²) in [5, 5.41) is 9.98. The van der Waals surface area contributed by atoms with Crippen LogP contribution in [-0.2, 0) is 0 Å². The Morgan fingerprint density at radius 3 is 1.46 bits per heavy atom. The molecule has 2 heterocycles. The number of benzene rings is 12. The Bertz CT molecular complexity index is 4270. The summed E-state index contributed by atoms with van der Waals surface area (Å²) in [6, 6.07) is 99.8. The predicted molar refractivity (Wildman–Crippen MR) is 309 cm³/mol. The van der Waals surface area contributed by atoms with Gasteiger partial charge in [0.05, 0.1) is 11.0 Å². The second-order valence-corrected chi connectivity index (χ2v) is 19.6. The first-order valence-corrected chi connectivity index (χ1v) is 25.4. The molecule has 14 rings (SSSR count). The van der Waals surface area contributed by atoms with E-state index in [1.165, 1.54) is 69.1 Å². The molecule has 72 heavy (non-hydrogen) atoms. The third-order valence-electron chi connectivity index (χ3n) is 14.3. The molecule has 12 aromatic carbocycles. The van der Waals surface area contributed by atoms with Crippen LogP contribution in [0.3, 0.4) is 0 Å². The minimum Gasteiger partial charge on any atom is -0.310 e. The summed E-state index contributed by atoms with van der Waals surface area (Å²) in [7, 11) is 0. The molecule has 0 fully saturated rings. The standard InChI is InChI=1S/C68H45N3S/c1-5-17-46(18-6-1)47-29-34-55(35-30-47)71-65-39-36-56(45-63(65)61-37-31-48-19-13-15-27-59(48)67(61)71)70(54-25-11-4-12-26-54)58-42-51(41-57(44-58)69(52-21-7-2-8-22-52)53-23-9-3-10-24-53)50-33-40-66-64(43-50)62-38-32-49-20-14-16-28-60(49)68(62)72-66/h1-45H. The number of aromatic nitrogens is 1. The van der Waals surface area contributed by atoms with Crippen molar-refractivity contribution in [3.8, 4) is 27.9 Å². The average Bonchev–Trinajstić information content (AvgIpc) is 4.00. The fourth-order valence-electron chi connectivity index (χ4n) is 10.9. The van der Waals surface area contributed by atoms with Gasteiger partial charge in [-0.25, -0.2) is 0 Å². The molecule has 0 aliphatic heterocycles. The summed E-state index contributed by atoms with van der Waals surface area (Å²) in [6.07, 6.45) is 0. The zero-order valence-electron chi connectivity index (χ0n) is 39.2. The largest absolute Gasteiger partial charge is 0.310 e. The first-order chi connectivity index (χ1) is 35.7. The van der Waals surface area contributed by atoms with Gasteiger partial charge in [0.1, 0.15) is 0 Å². The van der Waals surface area contributed by atoms with Crippen LogP contribution in [0.15, 0.2) is 273 Å². The van der Waals surface area contributed by atoms with Crippen LogP contribution in [0.5, 0.6) is 0 Å². The van der Waals surface area contributed by atoms with E-state index in [1.54, 1.807) is 0 Å². The Kier molecular flexibility index (Phi) is 10.0. The highest BCUT2D eigenvalue weighted by atomic mass is 32.1. The Morgan fingerprint density at radius 2 is 0.806 bits per heavy atom. The van der Waals surface area contributed by atoms with Gasteiger partial charge in [-0.05, 0) is 135 Å². The predicted octanol–water partition coefficient (Wildman–Crippen LogP) is 19.7. The van der Waals surface area contributed by atoms with Crippen molar-refractivity contribution in [3.05, 3.63) is 273 Å². The minimum absolute atomic E-state index is 1.05. The van der Waals surface area contributed by atoms with E-state index in [9.17, 15) is 0 Å². The van der Waals surface area contributed by atoms with Crippen LogP contribution in [0.25, 0.3) is 91.5 Å². The molecule has 0 amide bonds. The molecular formula is C68H45N3S. The quantitative estimate of drug-likeness (QED) is 0.143. The van der Waals surface area contributed by atoms with Crippen LogP contribution in [0.4, 0.5) is 34.1 Å². The molecule has 0 saturated carbocycles. The molecule has 0 aliphatic rings. The molecule has 14 aromatic rings. The minimum atomic E-state index is 1.05. The number of para-hydroxylation sites is 3. The number of hydrogen-bond donors (Lipinski definition) is 0. The summed E-state index contributed by atoms with van der Waals surface area (Å²) >= 11 is 1.88. The molecule has 0 radical (unpaired) electrons. The summed E-state index contributed by atoms with van der Waals surface area (Å²) in [4.78, 5) is 4.82. The highest BCUT2D eigenvalue weighted by Gasteiger charge is 2.23. The Balaban J connectivity index is 1.00. The van der Waals surface area contributed by atoms with Crippen molar-refractivity contribution in [2.75, 3.05) is 9.80 Å². The Morgan fingerprint density at radius 1 is 0.278 bits per heavy atom. The normalized spacial score (nSPS) is 11.6. The highest BCUT2D eigenvalue weighted by Crippen LogP contribution is 2.47. The van der Waals surface area contributed by atoms with Gasteiger partial charge in [-0.15, -0.1) is 11.3 Å². The average molecular weight is 936 g/mol. The zero-order chi connectivity index (χ0) is 47.5. The zero-order valence-corrected chi connectivity index (χ0v) is 40.0. The summed E-state index contributed by atoms with van der Waals surface area (Å²) in [6.45, 7) is 0. The number of thiophene rings is 1. The van der Waals surface area contributed by atoms with Crippen molar-refractivity contribution in [3.63, 3.8) is 0 Å². The lowest BCUT2D eigenvalue weighted by Crippen LogP contribution is -2.13. The lowest BCUT2D eigenvalue weighted by atomic mass is 9.99. The molecule has 0 bridgehead atoms. The van der Waals surface area contributed by atoms with Crippen LogP contribution in [0, 0.1) is 0 Å². The first kappa shape index (κ1) is 41.7. The van der Waals surface area contributed by atoms with E-state index in [0.29, 0.717) is 0 Å². The molecule has 0 atom stereocenters. The van der Waals surface area contributed by atoms with Crippen LogP contribution in [-0.4, -0.2) is 4.57 Å². The molecule has 2 aromatic heterocycles. The van der Waals surface area contributed by atoms with Crippen molar-refractivity contribution in [1.82, 2.24) is 4.57 Å². The topological polar surface area (TPSA) is 11.4 Å². The van der Waals surface area contributed by atoms with E-state index in [4.69, 9.17) is 0 Å². The van der Waals surface area contributed by atoms with Crippen molar-refractivity contribution in [1.29, 1.82) is 0 Å². The van der Waals surface area contributed by atoms with E-state index in [-0.39, 0.29) is 0 Å². The van der Waals surface area contributed by atoms with E-state index in [1.807, 2.05) is 11.3 Å². The maximum Gasteiger partial charge on any atom is 0.0619 e. The molecule has 3 nitrogen and oxygen atoms in total. The van der Waals surface area contributed by atoms with Crippen LogP contribution >= 0.6 is 11.3 Å². The molecule has 0 N–H and O–H groups in total. The van der Waals surface area contributed by atoms with E-state index >= 15 is 0 Å². The Hall–Kier alpha value is -9.22. The van der Waals surface area contributed by atoms with Crippen LogP contribution < -0.4 is 9.80 Å². The van der Waals surface area contributed by atoms with Gasteiger partial charge in [0, 0.05) is 76.1 Å². The number of anilines is 6. The third kappa shape index (κ3) is 7.11. The summed E-state index contributed by atoms with van der Waals surface area (Å²) < 4.78 is 5.08. The van der Waals surface area contributed by atoms with Gasteiger partial charge in [0.2, 0.25) is 0 Å². The van der Waals surface area contributed by atoms with Gasteiger partial charge < -0.3 is 14.4 Å². The second kappa shape index (κ2) is 17.3. The number of rotatable bonds is 9. The fourth-order valence-corrected chi connectivity index (χ4v) is 12.2. The Labute approximate surface area is 422 Å². The number of fused-ring (bicyclic) bond motifs is 10. The fraction of sp³-hybridized carbons (Fsp3) is 0. The SMILES string of the molecule is c1ccc(-c2ccc(-n3c4ccc(N(c5ccccc5)c5cc(-c6ccc7sc8c9ccccc9ccc8c7c6)cc(N(c6ccccc6)c6ccccc6)c5)cc4c4ccc5ccccc5c43)cc2)cc1. The van der Waals surface area contributed by atoms with Gasteiger partial charge in [0.25, 0.3) is 0 Å². The monoisotopic (exact) mass is 935 g/mol. The molecular weight excluding hydrogens is 891 g/mol. The third-order valence-corrected chi connectivity index (χ3v) is 15.5. The van der Waals surface area contributed by atoms with Crippen molar-refractivity contribution < 1.29 is 0 Å².